The lowest BCUT2D eigenvalue weighted by molar-refractivity contribution is -0.274. The van der Waals surface area contributed by atoms with Crippen molar-refractivity contribution >= 4 is 5.82 Å². The van der Waals surface area contributed by atoms with E-state index in [4.69, 9.17) is 0 Å². The van der Waals surface area contributed by atoms with Crippen LogP contribution in [0.4, 0.5) is 19.0 Å². The van der Waals surface area contributed by atoms with Crippen LogP contribution in [0, 0.1) is 0 Å². The molecule has 0 saturated carbocycles. The molecule has 0 bridgehead atoms. The van der Waals surface area contributed by atoms with Gasteiger partial charge in [-0.1, -0.05) is 12.1 Å². The lowest BCUT2D eigenvalue weighted by Gasteiger charge is -2.31. The number of anilines is 1. The normalized spacial score (nSPS) is 18.5. The van der Waals surface area contributed by atoms with Gasteiger partial charge in [0.15, 0.2) is 5.82 Å². The minimum Gasteiger partial charge on any atom is -0.406 e. The molecule has 24 heavy (non-hydrogen) atoms. The van der Waals surface area contributed by atoms with Crippen LogP contribution < -0.4 is 9.64 Å². The largest absolute Gasteiger partial charge is 0.573 e. The van der Waals surface area contributed by atoms with E-state index in [0.29, 0.717) is 23.8 Å². The van der Waals surface area contributed by atoms with Gasteiger partial charge in [0.25, 0.3) is 0 Å². The molecular weight excluding hydrogens is 323 g/mol. The highest BCUT2D eigenvalue weighted by molar-refractivity contribution is 5.59. The van der Waals surface area contributed by atoms with Crippen LogP contribution in [0.15, 0.2) is 36.5 Å². The molecule has 128 valence electrons. The van der Waals surface area contributed by atoms with Gasteiger partial charge in [-0.3, -0.25) is 0 Å². The maximum Gasteiger partial charge on any atom is 0.573 e. The highest BCUT2D eigenvalue weighted by Crippen LogP contribution is 2.27. The Hall–Kier alpha value is -2.35. The van der Waals surface area contributed by atoms with Crippen molar-refractivity contribution in [1.82, 2.24) is 9.97 Å². The molecule has 0 spiro atoms. The minimum absolute atomic E-state index is 0.306. The fraction of sp³-hybridized carbons (Fsp3) is 0.375. The maximum absolute atomic E-state index is 12.3. The van der Waals surface area contributed by atoms with Gasteiger partial charge in [0.05, 0.1) is 6.10 Å². The molecule has 5 nitrogen and oxygen atoms in total. The zero-order chi connectivity index (χ0) is 17.2. The smallest absolute Gasteiger partial charge is 0.406 e. The van der Waals surface area contributed by atoms with Crippen molar-refractivity contribution in [3.63, 3.8) is 0 Å². The van der Waals surface area contributed by atoms with Gasteiger partial charge in [0.2, 0.25) is 0 Å². The van der Waals surface area contributed by atoms with Crippen molar-refractivity contribution in [3.05, 3.63) is 36.5 Å². The maximum atomic E-state index is 12.3. The first-order valence-electron chi connectivity index (χ1n) is 7.53. The lowest BCUT2D eigenvalue weighted by atomic mass is 10.1. The SMILES string of the molecule is OC1CCCN(c2ccnc(-c3cccc(OC(F)(F)F)c3)n2)C1. The Morgan fingerprint density at radius 1 is 1.25 bits per heavy atom. The number of nitrogens with zero attached hydrogens (tertiary/aromatic N) is 3. The van der Waals surface area contributed by atoms with E-state index in [1.54, 1.807) is 18.3 Å². The number of hydrogen-bond acceptors (Lipinski definition) is 5. The second-order valence-electron chi connectivity index (χ2n) is 5.56. The molecule has 1 aliphatic rings. The summed E-state index contributed by atoms with van der Waals surface area (Å²) in [5.41, 5.74) is 0.427. The predicted octanol–water partition coefficient (Wildman–Crippen LogP) is 3.00. The number of alkyl halides is 3. The molecule has 3 rings (SSSR count). The molecule has 1 unspecified atom stereocenters. The van der Waals surface area contributed by atoms with Crippen molar-refractivity contribution in [1.29, 1.82) is 0 Å². The van der Waals surface area contributed by atoms with Gasteiger partial charge in [-0.25, -0.2) is 9.97 Å². The minimum atomic E-state index is -4.74. The van der Waals surface area contributed by atoms with Crippen LogP contribution in [0.1, 0.15) is 12.8 Å². The van der Waals surface area contributed by atoms with Crippen molar-refractivity contribution in [2.24, 2.45) is 0 Å². The molecule has 1 saturated heterocycles. The van der Waals surface area contributed by atoms with Gasteiger partial charge in [-0.05, 0) is 31.0 Å². The van der Waals surface area contributed by atoms with Crippen molar-refractivity contribution in [2.75, 3.05) is 18.0 Å². The summed E-state index contributed by atoms with van der Waals surface area (Å²) >= 11 is 0. The van der Waals surface area contributed by atoms with Gasteiger partial charge >= 0.3 is 6.36 Å². The number of β-amino-alcohol motifs (C(OH)–C–C–N with tert-alkyl or cyclic N) is 1. The third-order valence-electron chi connectivity index (χ3n) is 3.69. The Labute approximate surface area is 136 Å². The van der Waals surface area contributed by atoms with E-state index < -0.39 is 12.5 Å². The third-order valence-corrected chi connectivity index (χ3v) is 3.69. The molecule has 0 aliphatic carbocycles. The zero-order valence-corrected chi connectivity index (χ0v) is 12.7. The Morgan fingerprint density at radius 2 is 2.08 bits per heavy atom. The molecule has 2 heterocycles. The second-order valence-corrected chi connectivity index (χ2v) is 5.56. The quantitative estimate of drug-likeness (QED) is 0.932. The number of aliphatic hydroxyl groups is 1. The molecule has 1 aromatic carbocycles. The summed E-state index contributed by atoms with van der Waals surface area (Å²) in [6.07, 6.45) is -1.98. The van der Waals surface area contributed by atoms with Crippen LogP contribution in [0.25, 0.3) is 11.4 Å². The van der Waals surface area contributed by atoms with Crippen LogP contribution >= 0.6 is 0 Å². The highest BCUT2D eigenvalue weighted by atomic mass is 19.4. The highest BCUT2D eigenvalue weighted by Gasteiger charge is 2.31. The molecule has 1 fully saturated rings. The van der Waals surface area contributed by atoms with Gasteiger partial charge in [0, 0.05) is 24.8 Å². The number of halogens is 3. The Bertz CT molecular complexity index is 709. The van der Waals surface area contributed by atoms with E-state index in [1.165, 1.54) is 18.2 Å². The first-order chi connectivity index (χ1) is 11.4. The number of hydrogen-bond donors (Lipinski definition) is 1. The first-order valence-corrected chi connectivity index (χ1v) is 7.53. The fourth-order valence-electron chi connectivity index (χ4n) is 2.66. The molecule has 0 radical (unpaired) electrons. The number of rotatable bonds is 3. The van der Waals surface area contributed by atoms with E-state index in [1.807, 2.05) is 4.90 Å². The molecular formula is C16H16F3N3O2. The van der Waals surface area contributed by atoms with Gasteiger partial charge in [-0.15, -0.1) is 13.2 Å². The number of aromatic nitrogens is 2. The summed E-state index contributed by atoms with van der Waals surface area (Å²) in [6.45, 7) is 1.25. The number of ether oxygens (including phenoxy) is 1. The third kappa shape index (κ3) is 4.14. The van der Waals surface area contributed by atoms with Crippen molar-refractivity contribution in [2.45, 2.75) is 25.3 Å². The van der Waals surface area contributed by atoms with Crippen molar-refractivity contribution in [3.8, 4) is 17.1 Å². The Kier molecular flexibility index (Phi) is 4.57. The molecule has 2 aromatic rings. The number of aliphatic hydroxyl groups excluding tert-OH is 1. The standard InChI is InChI=1S/C16H16F3N3O2/c17-16(18,19)24-13-5-1-3-11(9-13)15-20-7-6-14(21-15)22-8-2-4-12(23)10-22/h1,3,5-7,9,12,23H,2,4,8,10H2. The van der Waals surface area contributed by atoms with Gasteiger partial charge in [0.1, 0.15) is 11.6 Å². The summed E-state index contributed by atoms with van der Waals surface area (Å²) < 4.78 is 40.9. The molecule has 8 heteroatoms. The van der Waals surface area contributed by atoms with E-state index in [9.17, 15) is 18.3 Å². The van der Waals surface area contributed by atoms with Gasteiger partial charge in [-0.2, -0.15) is 0 Å². The summed E-state index contributed by atoms with van der Waals surface area (Å²) in [6, 6.07) is 7.27. The van der Waals surface area contributed by atoms with E-state index >= 15 is 0 Å². The molecule has 1 aliphatic heterocycles. The first kappa shape index (κ1) is 16.5. The zero-order valence-electron chi connectivity index (χ0n) is 12.7. The lowest BCUT2D eigenvalue weighted by Crippen LogP contribution is -2.38. The summed E-state index contributed by atoms with van der Waals surface area (Å²) in [5.74, 6) is 0.628. The number of benzene rings is 1. The molecule has 1 aromatic heterocycles. The average molecular weight is 339 g/mol. The predicted molar refractivity (Wildman–Crippen MR) is 81.6 cm³/mol. The summed E-state index contributed by atoms with van der Waals surface area (Å²) in [7, 11) is 0. The summed E-state index contributed by atoms with van der Waals surface area (Å²) in [5, 5.41) is 9.76. The van der Waals surface area contributed by atoms with Crippen LogP contribution in [-0.4, -0.2) is 40.6 Å². The number of piperidine rings is 1. The monoisotopic (exact) mass is 339 g/mol. The van der Waals surface area contributed by atoms with Crippen LogP contribution in [0.3, 0.4) is 0 Å². The van der Waals surface area contributed by atoms with Gasteiger partial charge < -0.3 is 14.7 Å². The van der Waals surface area contributed by atoms with Crippen LogP contribution in [0.2, 0.25) is 0 Å². The Morgan fingerprint density at radius 3 is 2.83 bits per heavy atom. The summed E-state index contributed by atoms with van der Waals surface area (Å²) in [4.78, 5) is 10.5. The second kappa shape index (κ2) is 6.64. The molecule has 1 N–H and O–H groups in total. The fourth-order valence-corrected chi connectivity index (χ4v) is 2.66. The van der Waals surface area contributed by atoms with Crippen molar-refractivity contribution < 1.29 is 23.0 Å². The van der Waals surface area contributed by atoms with Crippen LogP contribution in [0.5, 0.6) is 5.75 Å². The van der Waals surface area contributed by atoms with E-state index in [2.05, 4.69) is 14.7 Å². The van der Waals surface area contributed by atoms with E-state index in [-0.39, 0.29) is 5.75 Å². The van der Waals surface area contributed by atoms with Crippen LogP contribution in [-0.2, 0) is 0 Å². The van der Waals surface area contributed by atoms with E-state index in [0.717, 1.165) is 19.4 Å². The molecule has 1 atom stereocenters. The average Bonchev–Trinajstić information content (AvgIpc) is 2.54. The topological polar surface area (TPSA) is 58.5 Å². The Balaban J connectivity index is 1.85. The molecule has 0 amide bonds.